The molecule has 0 aliphatic rings. The van der Waals surface area contributed by atoms with Crippen molar-refractivity contribution in [1.29, 1.82) is 0 Å². The highest BCUT2D eigenvalue weighted by molar-refractivity contribution is 9.10. The fraction of sp³-hybridized carbons (Fsp3) is 0. The van der Waals surface area contributed by atoms with Gasteiger partial charge in [-0.2, -0.15) is 0 Å². The van der Waals surface area contributed by atoms with E-state index in [2.05, 4.69) is 26.6 Å². The number of halogens is 3. The Balaban J connectivity index is 2.03. The number of anilines is 2. The van der Waals surface area contributed by atoms with E-state index in [-0.39, 0.29) is 0 Å². The normalized spacial score (nSPS) is 10.1. The summed E-state index contributed by atoms with van der Waals surface area (Å²) in [5.41, 5.74) is 0.919. The van der Waals surface area contributed by atoms with Gasteiger partial charge in [0, 0.05) is 16.4 Å². The van der Waals surface area contributed by atoms with Crippen LogP contribution in [0.2, 0.25) is 5.02 Å². The first-order valence-corrected chi connectivity index (χ1v) is 6.50. The van der Waals surface area contributed by atoms with Gasteiger partial charge >= 0.3 is 6.03 Å². The third kappa shape index (κ3) is 3.94. The molecule has 0 bridgehead atoms. The molecule has 3 nitrogen and oxygen atoms in total. The number of hydrogen-bond acceptors (Lipinski definition) is 1. The first-order chi connectivity index (χ1) is 9.04. The lowest BCUT2D eigenvalue weighted by Gasteiger charge is -2.08. The zero-order chi connectivity index (χ0) is 13.8. The molecule has 98 valence electrons. The number of amides is 2. The number of carbonyl (C=O) groups excluding carboxylic acids is 1. The second-order valence-corrected chi connectivity index (χ2v) is 5.01. The van der Waals surface area contributed by atoms with E-state index in [9.17, 15) is 9.18 Å². The van der Waals surface area contributed by atoms with Crippen LogP contribution < -0.4 is 10.6 Å². The van der Waals surface area contributed by atoms with Crippen molar-refractivity contribution in [2.45, 2.75) is 0 Å². The van der Waals surface area contributed by atoms with Crippen LogP contribution in [0.15, 0.2) is 46.9 Å². The number of benzene rings is 2. The second-order valence-electron chi connectivity index (χ2n) is 3.72. The maximum absolute atomic E-state index is 13.3. The Kier molecular flexibility index (Phi) is 4.39. The first-order valence-electron chi connectivity index (χ1n) is 5.33. The summed E-state index contributed by atoms with van der Waals surface area (Å²) in [6.07, 6.45) is 0. The van der Waals surface area contributed by atoms with Crippen molar-refractivity contribution >= 4 is 44.9 Å². The lowest BCUT2D eigenvalue weighted by Crippen LogP contribution is -2.19. The summed E-state index contributed by atoms with van der Waals surface area (Å²) in [6, 6.07) is 10.6. The molecule has 6 heteroatoms. The van der Waals surface area contributed by atoms with Crippen LogP contribution in [0.4, 0.5) is 20.6 Å². The van der Waals surface area contributed by atoms with Crippen molar-refractivity contribution in [2.75, 3.05) is 10.6 Å². The summed E-state index contributed by atoms with van der Waals surface area (Å²) in [7, 11) is 0. The molecule has 0 radical (unpaired) electrons. The molecule has 0 spiro atoms. The summed E-state index contributed by atoms with van der Waals surface area (Å²) in [5.74, 6) is -0.444. The maximum atomic E-state index is 13.3. The lowest BCUT2D eigenvalue weighted by molar-refractivity contribution is 0.262. The summed E-state index contributed by atoms with van der Waals surface area (Å²) in [6.45, 7) is 0. The molecule has 2 amide bonds. The molecule has 0 heterocycles. The van der Waals surface area contributed by atoms with Crippen LogP contribution in [0.25, 0.3) is 0 Å². The molecule has 0 saturated heterocycles. The van der Waals surface area contributed by atoms with E-state index in [0.29, 0.717) is 20.9 Å². The van der Waals surface area contributed by atoms with Gasteiger partial charge in [0.05, 0.1) is 4.47 Å². The van der Waals surface area contributed by atoms with E-state index in [4.69, 9.17) is 11.6 Å². The van der Waals surface area contributed by atoms with Gasteiger partial charge in [0.1, 0.15) is 5.82 Å². The molecule has 19 heavy (non-hydrogen) atoms. The molecule has 2 aromatic carbocycles. The van der Waals surface area contributed by atoms with Crippen LogP contribution in [0.5, 0.6) is 0 Å². The van der Waals surface area contributed by atoms with Crippen molar-refractivity contribution in [3.05, 3.63) is 57.8 Å². The molecule has 2 aromatic rings. The van der Waals surface area contributed by atoms with Crippen LogP contribution in [0, 0.1) is 5.82 Å². The van der Waals surface area contributed by atoms with Gasteiger partial charge in [0.15, 0.2) is 0 Å². The van der Waals surface area contributed by atoms with E-state index in [0.717, 1.165) is 0 Å². The Hall–Kier alpha value is -1.59. The third-order valence-corrected chi connectivity index (χ3v) is 3.14. The Morgan fingerprint density at radius 2 is 1.79 bits per heavy atom. The standard InChI is InChI=1S/C13H9BrClFN2O/c14-11-5-4-10(7-12(11)16)18-13(19)17-9-3-1-2-8(15)6-9/h1-7H,(H2,17,18,19). The van der Waals surface area contributed by atoms with Gasteiger partial charge in [0.2, 0.25) is 0 Å². The molecular formula is C13H9BrClFN2O. The summed E-state index contributed by atoms with van der Waals surface area (Å²) in [4.78, 5) is 11.7. The Morgan fingerprint density at radius 3 is 2.42 bits per heavy atom. The van der Waals surface area contributed by atoms with E-state index >= 15 is 0 Å². The Bertz CT molecular complexity index is 621. The Morgan fingerprint density at radius 1 is 1.11 bits per heavy atom. The topological polar surface area (TPSA) is 41.1 Å². The molecule has 0 saturated carbocycles. The predicted molar refractivity (Wildman–Crippen MR) is 78.2 cm³/mol. The molecule has 0 aliphatic carbocycles. The van der Waals surface area contributed by atoms with Crippen molar-refractivity contribution < 1.29 is 9.18 Å². The number of carbonyl (C=O) groups is 1. The van der Waals surface area contributed by atoms with E-state index in [1.54, 1.807) is 30.3 Å². The highest BCUT2D eigenvalue weighted by Gasteiger charge is 2.05. The first kappa shape index (κ1) is 13.8. The highest BCUT2D eigenvalue weighted by atomic mass is 79.9. The number of nitrogens with one attached hydrogen (secondary N) is 2. The van der Waals surface area contributed by atoms with Gasteiger partial charge in [-0.3, -0.25) is 0 Å². The fourth-order valence-corrected chi connectivity index (χ4v) is 1.87. The van der Waals surface area contributed by atoms with Gasteiger partial charge < -0.3 is 10.6 Å². The number of rotatable bonds is 2. The van der Waals surface area contributed by atoms with Gasteiger partial charge in [-0.15, -0.1) is 0 Å². The van der Waals surface area contributed by atoms with Gasteiger partial charge in [0.25, 0.3) is 0 Å². The van der Waals surface area contributed by atoms with Crippen molar-refractivity contribution in [3.63, 3.8) is 0 Å². The Labute approximate surface area is 122 Å². The fourth-order valence-electron chi connectivity index (χ4n) is 1.43. The SMILES string of the molecule is O=C(Nc1cccc(Cl)c1)Nc1ccc(Br)c(F)c1. The van der Waals surface area contributed by atoms with E-state index in [1.807, 2.05) is 0 Å². The van der Waals surface area contributed by atoms with Crippen LogP contribution in [0.3, 0.4) is 0 Å². The molecule has 0 aromatic heterocycles. The zero-order valence-corrected chi connectivity index (χ0v) is 11.9. The average Bonchev–Trinajstić information content (AvgIpc) is 2.34. The maximum Gasteiger partial charge on any atom is 0.323 e. The summed E-state index contributed by atoms with van der Waals surface area (Å²) >= 11 is 8.84. The zero-order valence-electron chi connectivity index (χ0n) is 9.58. The summed E-state index contributed by atoms with van der Waals surface area (Å²) in [5, 5.41) is 5.64. The minimum absolute atomic E-state index is 0.341. The minimum Gasteiger partial charge on any atom is -0.308 e. The van der Waals surface area contributed by atoms with Crippen molar-refractivity contribution in [3.8, 4) is 0 Å². The van der Waals surface area contributed by atoms with Gasteiger partial charge in [-0.1, -0.05) is 17.7 Å². The van der Waals surface area contributed by atoms with Crippen molar-refractivity contribution in [1.82, 2.24) is 0 Å². The monoisotopic (exact) mass is 342 g/mol. The highest BCUT2D eigenvalue weighted by Crippen LogP contribution is 2.20. The smallest absolute Gasteiger partial charge is 0.308 e. The van der Waals surface area contributed by atoms with Crippen molar-refractivity contribution in [2.24, 2.45) is 0 Å². The largest absolute Gasteiger partial charge is 0.323 e. The van der Waals surface area contributed by atoms with Gasteiger partial charge in [-0.25, -0.2) is 9.18 Å². The molecule has 2 rings (SSSR count). The lowest BCUT2D eigenvalue weighted by atomic mass is 10.3. The number of urea groups is 1. The number of hydrogen-bond donors (Lipinski definition) is 2. The molecule has 0 fully saturated rings. The van der Waals surface area contributed by atoms with Crippen LogP contribution in [0.1, 0.15) is 0 Å². The predicted octanol–water partition coefficient (Wildman–Crippen LogP) is 4.89. The van der Waals surface area contributed by atoms with Crippen LogP contribution in [-0.4, -0.2) is 6.03 Å². The average molecular weight is 344 g/mol. The van der Waals surface area contributed by atoms with Crippen LogP contribution in [-0.2, 0) is 0 Å². The van der Waals surface area contributed by atoms with E-state index < -0.39 is 11.8 Å². The molecule has 0 aliphatic heterocycles. The molecule has 0 atom stereocenters. The molecule has 2 N–H and O–H groups in total. The van der Waals surface area contributed by atoms with Gasteiger partial charge in [-0.05, 0) is 52.3 Å². The molecule has 0 unspecified atom stereocenters. The molecular weight excluding hydrogens is 335 g/mol. The quantitative estimate of drug-likeness (QED) is 0.801. The van der Waals surface area contributed by atoms with E-state index in [1.165, 1.54) is 12.1 Å². The van der Waals surface area contributed by atoms with Crippen LogP contribution >= 0.6 is 27.5 Å². The summed E-state index contributed by atoms with van der Waals surface area (Å²) < 4.78 is 13.6. The third-order valence-electron chi connectivity index (χ3n) is 2.26. The minimum atomic E-state index is -0.469. The second kappa shape index (κ2) is 6.04.